The first kappa shape index (κ1) is 19.3. The molecule has 6 nitrogen and oxygen atoms in total. The van der Waals surface area contributed by atoms with Gasteiger partial charge in [-0.15, -0.1) is 0 Å². The minimum Gasteiger partial charge on any atom is -0.497 e. The molecule has 1 heterocycles. The SMILES string of the molecule is COc1ccc2c(c1)c(C=CC(=O)O)cn2S(=O)(=O)c1ccc(Cl)c(Cl)c1. The van der Waals surface area contributed by atoms with Crippen LogP contribution in [-0.2, 0) is 14.8 Å². The van der Waals surface area contributed by atoms with Crippen LogP contribution in [0, 0.1) is 0 Å². The Kier molecular flexibility index (Phi) is 5.19. The van der Waals surface area contributed by atoms with E-state index in [1.54, 1.807) is 18.2 Å². The van der Waals surface area contributed by atoms with Crippen molar-refractivity contribution < 1.29 is 23.1 Å². The molecule has 9 heteroatoms. The van der Waals surface area contributed by atoms with E-state index in [-0.39, 0.29) is 14.9 Å². The molecule has 140 valence electrons. The summed E-state index contributed by atoms with van der Waals surface area (Å²) in [5, 5.41) is 9.76. The molecule has 0 unspecified atom stereocenters. The number of benzene rings is 2. The van der Waals surface area contributed by atoms with E-state index < -0.39 is 16.0 Å². The second-order valence-electron chi connectivity index (χ2n) is 5.52. The van der Waals surface area contributed by atoms with Crippen LogP contribution in [0.2, 0.25) is 10.0 Å². The number of hydrogen-bond acceptors (Lipinski definition) is 4. The summed E-state index contributed by atoms with van der Waals surface area (Å²) in [5.41, 5.74) is 0.779. The Labute approximate surface area is 165 Å². The Morgan fingerprint density at radius 3 is 2.52 bits per heavy atom. The second kappa shape index (κ2) is 7.26. The van der Waals surface area contributed by atoms with Crippen LogP contribution < -0.4 is 4.74 Å². The number of fused-ring (bicyclic) bond motifs is 1. The molecule has 0 aliphatic heterocycles. The van der Waals surface area contributed by atoms with Crippen LogP contribution in [0.25, 0.3) is 17.0 Å². The predicted octanol–water partition coefficient (Wildman–Crippen LogP) is 4.29. The van der Waals surface area contributed by atoms with Gasteiger partial charge in [-0.1, -0.05) is 23.2 Å². The summed E-state index contributed by atoms with van der Waals surface area (Å²) in [6.45, 7) is 0. The monoisotopic (exact) mass is 425 g/mol. The molecular formula is C18H13Cl2NO5S. The van der Waals surface area contributed by atoms with Crippen molar-refractivity contribution in [2.24, 2.45) is 0 Å². The predicted molar refractivity (Wildman–Crippen MR) is 104 cm³/mol. The lowest BCUT2D eigenvalue weighted by molar-refractivity contribution is -0.131. The van der Waals surface area contributed by atoms with Gasteiger partial charge in [0.15, 0.2) is 0 Å². The molecule has 0 aliphatic carbocycles. The third-order valence-corrected chi connectivity index (χ3v) is 6.27. The summed E-state index contributed by atoms with van der Waals surface area (Å²) >= 11 is 11.8. The van der Waals surface area contributed by atoms with Gasteiger partial charge in [0.2, 0.25) is 0 Å². The van der Waals surface area contributed by atoms with Gasteiger partial charge in [0.05, 0.1) is 27.6 Å². The molecule has 0 amide bonds. The Bertz CT molecular complexity index is 1180. The highest BCUT2D eigenvalue weighted by Gasteiger charge is 2.22. The molecule has 3 aromatic rings. The maximum Gasteiger partial charge on any atom is 0.328 e. The maximum atomic E-state index is 13.1. The average molecular weight is 426 g/mol. The molecule has 0 fully saturated rings. The number of carboxylic acids is 1. The van der Waals surface area contributed by atoms with Gasteiger partial charge in [-0.3, -0.25) is 0 Å². The summed E-state index contributed by atoms with van der Waals surface area (Å²) in [5.74, 6) is -0.636. The standard InChI is InChI=1S/C18H13Cl2NO5S/c1-26-12-3-6-17-14(8-12)11(2-7-18(22)23)10-21(17)27(24,25)13-4-5-15(19)16(20)9-13/h2-10H,1H3,(H,22,23). The van der Waals surface area contributed by atoms with Gasteiger partial charge in [-0.25, -0.2) is 17.2 Å². The van der Waals surface area contributed by atoms with E-state index in [4.69, 9.17) is 33.0 Å². The number of carboxylic acid groups (broad SMARTS) is 1. The van der Waals surface area contributed by atoms with Gasteiger partial charge in [-0.2, -0.15) is 0 Å². The molecule has 3 rings (SSSR count). The van der Waals surface area contributed by atoms with Crippen molar-refractivity contribution in [2.75, 3.05) is 7.11 Å². The van der Waals surface area contributed by atoms with Crippen LogP contribution >= 0.6 is 23.2 Å². The van der Waals surface area contributed by atoms with Crippen molar-refractivity contribution in [1.82, 2.24) is 3.97 Å². The van der Waals surface area contributed by atoms with Crippen LogP contribution in [-0.4, -0.2) is 30.6 Å². The largest absolute Gasteiger partial charge is 0.497 e. The molecule has 27 heavy (non-hydrogen) atoms. The molecule has 0 spiro atoms. The van der Waals surface area contributed by atoms with Gasteiger partial charge in [0.25, 0.3) is 10.0 Å². The van der Waals surface area contributed by atoms with Gasteiger partial charge in [-0.05, 0) is 42.5 Å². The summed E-state index contributed by atoms with van der Waals surface area (Å²) in [6, 6.07) is 8.86. The lowest BCUT2D eigenvalue weighted by atomic mass is 10.1. The highest BCUT2D eigenvalue weighted by atomic mass is 35.5. The van der Waals surface area contributed by atoms with Crippen molar-refractivity contribution in [3.8, 4) is 5.75 Å². The third-order valence-electron chi connectivity index (χ3n) is 3.86. The van der Waals surface area contributed by atoms with E-state index >= 15 is 0 Å². The Hall–Kier alpha value is -2.48. The number of methoxy groups -OCH3 is 1. The van der Waals surface area contributed by atoms with Gasteiger partial charge >= 0.3 is 5.97 Å². The van der Waals surface area contributed by atoms with Crippen LogP contribution in [0.15, 0.2) is 53.6 Å². The summed E-state index contributed by atoms with van der Waals surface area (Å²) < 4.78 is 32.5. The molecule has 0 saturated carbocycles. The zero-order chi connectivity index (χ0) is 19.8. The zero-order valence-corrected chi connectivity index (χ0v) is 16.2. The topological polar surface area (TPSA) is 85.6 Å². The lowest BCUT2D eigenvalue weighted by Gasteiger charge is -2.09. The number of halogens is 2. The first-order valence-corrected chi connectivity index (χ1v) is 9.74. The summed E-state index contributed by atoms with van der Waals surface area (Å²) in [7, 11) is -2.51. The van der Waals surface area contributed by atoms with E-state index in [1.807, 2.05) is 0 Å². The van der Waals surface area contributed by atoms with Gasteiger partial charge in [0, 0.05) is 23.2 Å². The van der Waals surface area contributed by atoms with Gasteiger partial charge in [0.1, 0.15) is 5.75 Å². The van der Waals surface area contributed by atoms with E-state index in [0.717, 1.165) is 10.0 Å². The van der Waals surface area contributed by atoms with E-state index in [1.165, 1.54) is 37.6 Å². The minimum absolute atomic E-state index is 0.0432. The Balaban J connectivity index is 2.27. The fourth-order valence-electron chi connectivity index (χ4n) is 2.57. The smallest absolute Gasteiger partial charge is 0.328 e. The van der Waals surface area contributed by atoms with Crippen molar-refractivity contribution >= 4 is 56.2 Å². The highest BCUT2D eigenvalue weighted by Crippen LogP contribution is 2.31. The van der Waals surface area contributed by atoms with Crippen LogP contribution in [0.1, 0.15) is 5.56 Å². The first-order chi connectivity index (χ1) is 12.7. The highest BCUT2D eigenvalue weighted by molar-refractivity contribution is 7.90. The Morgan fingerprint density at radius 2 is 1.89 bits per heavy atom. The molecule has 0 radical (unpaired) electrons. The molecular weight excluding hydrogens is 413 g/mol. The van der Waals surface area contributed by atoms with Crippen LogP contribution in [0.3, 0.4) is 0 Å². The molecule has 2 aromatic carbocycles. The van der Waals surface area contributed by atoms with Crippen molar-refractivity contribution in [3.63, 3.8) is 0 Å². The van der Waals surface area contributed by atoms with E-state index in [2.05, 4.69) is 0 Å². The van der Waals surface area contributed by atoms with Gasteiger partial charge < -0.3 is 9.84 Å². The maximum absolute atomic E-state index is 13.1. The van der Waals surface area contributed by atoms with Crippen molar-refractivity contribution in [2.45, 2.75) is 4.90 Å². The van der Waals surface area contributed by atoms with Crippen LogP contribution in [0.5, 0.6) is 5.75 Å². The number of hydrogen-bond donors (Lipinski definition) is 1. The van der Waals surface area contributed by atoms with Crippen LogP contribution in [0.4, 0.5) is 0 Å². The second-order valence-corrected chi connectivity index (χ2v) is 8.15. The third kappa shape index (κ3) is 3.66. The number of aliphatic carboxylic acids is 1. The summed E-state index contributed by atoms with van der Waals surface area (Å²) in [6.07, 6.45) is 3.61. The lowest BCUT2D eigenvalue weighted by Crippen LogP contribution is -2.11. The van der Waals surface area contributed by atoms with Crippen molar-refractivity contribution in [1.29, 1.82) is 0 Å². The molecule has 1 aromatic heterocycles. The zero-order valence-electron chi connectivity index (χ0n) is 13.9. The van der Waals surface area contributed by atoms with Crippen molar-refractivity contribution in [3.05, 3.63) is 64.3 Å². The van der Waals surface area contributed by atoms with E-state index in [9.17, 15) is 13.2 Å². The first-order valence-electron chi connectivity index (χ1n) is 7.55. The number of ether oxygens (including phenoxy) is 1. The molecule has 0 saturated heterocycles. The Morgan fingerprint density at radius 1 is 1.15 bits per heavy atom. The summed E-state index contributed by atoms with van der Waals surface area (Å²) in [4.78, 5) is 10.8. The molecule has 1 N–H and O–H groups in total. The number of nitrogens with zero attached hydrogens (tertiary/aromatic N) is 1. The fraction of sp³-hybridized carbons (Fsp3) is 0.0556. The molecule has 0 atom stereocenters. The molecule has 0 bridgehead atoms. The quantitative estimate of drug-likeness (QED) is 0.616. The number of carbonyl (C=O) groups is 1. The fourth-order valence-corrected chi connectivity index (χ4v) is 4.34. The number of rotatable bonds is 5. The average Bonchev–Trinajstić information content (AvgIpc) is 3.00. The molecule has 0 aliphatic rings. The van der Waals surface area contributed by atoms with E-state index in [0.29, 0.717) is 22.2 Å². The minimum atomic E-state index is -3.99. The normalized spacial score (nSPS) is 12.0. The number of aromatic nitrogens is 1.